The van der Waals surface area contributed by atoms with Crippen LogP contribution in [0.25, 0.3) is 0 Å². The molecule has 0 aliphatic heterocycles. The van der Waals surface area contributed by atoms with Crippen LogP contribution in [0.15, 0.2) is 24.3 Å². The number of carbonyl (C=O) groups excluding carboxylic acids is 1. The number of halogens is 1. The normalized spacial score (nSPS) is 21.7. The Hall–Kier alpha value is -1.26. The topological polar surface area (TPSA) is 64.3 Å². The van der Waals surface area contributed by atoms with E-state index in [2.05, 4.69) is 5.32 Å². The van der Waals surface area contributed by atoms with E-state index in [1.54, 1.807) is 12.1 Å². The van der Waals surface area contributed by atoms with Crippen molar-refractivity contribution in [2.75, 3.05) is 6.61 Å². The Morgan fingerprint density at radius 3 is 2.40 bits per heavy atom. The van der Waals surface area contributed by atoms with Crippen molar-refractivity contribution < 1.29 is 9.53 Å². The number of ether oxygens (including phenoxy) is 1. The van der Waals surface area contributed by atoms with Crippen molar-refractivity contribution in [1.29, 1.82) is 0 Å². The summed E-state index contributed by atoms with van der Waals surface area (Å²) in [5.74, 6) is 0.784. The minimum absolute atomic E-state index is 0. The van der Waals surface area contributed by atoms with Gasteiger partial charge in [0.15, 0.2) is 0 Å². The van der Waals surface area contributed by atoms with E-state index in [-0.39, 0.29) is 24.4 Å². The standard InChI is InChI=1S/C15H22N2O2.ClH/c1-2-19-14-9-3-11(4-10-14)15(18)17-13-7-5-12(16)6-8-13;/h3-4,9-10,12-13H,2,5-8,16H2,1H3,(H,17,18);1H. The Morgan fingerprint density at radius 2 is 1.85 bits per heavy atom. The van der Waals surface area contributed by atoms with E-state index in [0.717, 1.165) is 31.4 Å². The molecule has 0 saturated heterocycles. The fourth-order valence-electron chi connectivity index (χ4n) is 2.40. The summed E-state index contributed by atoms with van der Waals surface area (Å²) >= 11 is 0. The Labute approximate surface area is 126 Å². The molecule has 5 heteroatoms. The van der Waals surface area contributed by atoms with Crippen LogP contribution in [0.2, 0.25) is 0 Å². The van der Waals surface area contributed by atoms with Gasteiger partial charge in [0.25, 0.3) is 5.91 Å². The highest BCUT2D eigenvalue weighted by Gasteiger charge is 2.20. The number of nitrogens with two attached hydrogens (primary N) is 1. The van der Waals surface area contributed by atoms with Gasteiger partial charge in [-0.05, 0) is 56.9 Å². The molecule has 0 atom stereocenters. The lowest BCUT2D eigenvalue weighted by molar-refractivity contribution is 0.0926. The average molecular weight is 299 g/mol. The van der Waals surface area contributed by atoms with E-state index in [0.29, 0.717) is 18.2 Å². The molecule has 0 radical (unpaired) electrons. The molecule has 1 aliphatic rings. The van der Waals surface area contributed by atoms with Crippen molar-refractivity contribution in [3.63, 3.8) is 0 Å². The lowest BCUT2D eigenvalue weighted by atomic mass is 9.91. The maximum atomic E-state index is 12.1. The fourth-order valence-corrected chi connectivity index (χ4v) is 2.40. The zero-order valence-corrected chi connectivity index (χ0v) is 12.6. The molecule has 20 heavy (non-hydrogen) atoms. The minimum atomic E-state index is -0.0106. The number of nitrogens with one attached hydrogen (secondary N) is 1. The summed E-state index contributed by atoms with van der Waals surface area (Å²) in [5, 5.41) is 3.07. The highest BCUT2D eigenvalue weighted by Crippen LogP contribution is 2.18. The first-order valence-electron chi connectivity index (χ1n) is 6.98. The van der Waals surface area contributed by atoms with Gasteiger partial charge in [0.2, 0.25) is 0 Å². The molecular weight excluding hydrogens is 276 g/mol. The molecule has 3 N–H and O–H groups in total. The van der Waals surface area contributed by atoms with Gasteiger partial charge in [-0.15, -0.1) is 12.4 Å². The van der Waals surface area contributed by atoms with Crippen LogP contribution in [-0.4, -0.2) is 24.6 Å². The molecule has 1 aliphatic carbocycles. The van der Waals surface area contributed by atoms with E-state index >= 15 is 0 Å². The van der Waals surface area contributed by atoms with E-state index in [1.165, 1.54) is 0 Å². The highest BCUT2D eigenvalue weighted by molar-refractivity contribution is 5.94. The number of rotatable bonds is 4. The van der Waals surface area contributed by atoms with Crippen LogP contribution in [-0.2, 0) is 0 Å². The van der Waals surface area contributed by atoms with Gasteiger partial charge in [-0.1, -0.05) is 0 Å². The first kappa shape index (κ1) is 16.8. The smallest absolute Gasteiger partial charge is 0.251 e. The predicted octanol–water partition coefficient (Wildman–Crippen LogP) is 2.51. The second-order valence-electron chi connectivity index (χ2n) is 5.04. The summed E-state index contributed by atoms with van der Waals surface area (Å²) in [6.07, 6.45) is 3.94. The molecule has 0 bridgehead atoms. The third-order valence-corrected chi connectivity index (χ3v) is 3.53. The summed E-state index contributed by atoms with van der Waals surface area (Å²) in [6.45, 7) is 2.57. The van der Waals surface area contributed by atoms with E-state index in [4.69, 9.17) is 10.5 Å². The van der Waals surface area contributed by atoms with Gasteiger partial charge in [-0.2, -0.15) is 0 Å². The zero-order chi connectivity index (χ0) is 13.7. The maximum Gasteiger partial charge on any atom is 0.251 e. The molecule has 0 spiro atoms. The molecule has 1 aromatic carbocycles. The first-order valence-corrected chi connectivity index (χ1v) is 6.98. The molecule has 0 heterocycles. The Morgan fingerprint density at radius 1 is 1.25 bits per heavy atom. The molecule has 0 aromatic heterocycles. The van der Waals surface area contributed by atoms with Crippen LogP contribution in [0.3, 0.4) is 0 Å². The van der Waals surface area contributed by atoms with Gasteiger partial charge in [0.1, 0.15) is 5.75 Å². The third kappa shape index (κ3) is 4.69. The zero-order valence-electron chi connectivity index (χ0n) is 11.8. The Kier molecular flexibility index (Phi) is 6.82. The molecule has 1 amide bonds. The number of amides is 1. The maximum absolute atomic E-state index is 12.1. The minimum Gasteiger partial charge on any atom is -0.494 e. The van der Waals surface area contributed by atoms with Crippen LogP contribution in [0.4, 0.5) is 0 Å². The molecule has 2 rings (SSSR count). The highest BCUT2D eigenvalue weighted by atomic mass is 35.5. The van der Waals surface area contributed by atoms with E-state index in [1.807, 2.05) is 19.1 Å². The van der Waals surface area contributed by atoms with Crippen LogP contribution >= 0.6 is 12.4 Å². The Bertz CT molecular complexity index is 414. The van der Waals surface area contributed by atoms with Gasteiger partial charge in [0.05, 0.1) is 6.61 Å². The molecule has 1 aromatic rings. The van der Waals surface area contributed by atoms with Crippen molar-refractivity contribution in [2.45, 2.75) is 44.7 Å². The van der Waals surface area contributed by atoms with Crippen molar-refractivity contribution in [1.82, 2.24) is 5.32 Å². The molecule has 1 saturated carbocycles. The van der Waals surface area contributed by atoms with Crippen molar-refractivity contribution in [3.05, 3.63) is 29.8 Å². The SMILES string of the molecule is CCOc1ccc(C(=O)NC2CCC(N)CC2)cc1.Cl. The van der Waals surface area contributed by atoms with E-state index in [9.17, 15) is 4.79 Å². The van der Waals surface area contributed by atoms with Crippen LogP contribution < -0.4 is 15.8 Å². The van der Waals surface area contributed by atoms with Gasteiger partial charge in [-0.25, -0.2) is 0 Å². The van der Waals surface area contributed by atoms with Crippen LogP contribution in [0, 0.1) is 0 Å². The van der Waals surface area contributed by atoms with Crippen LogP contribution in [0.1, 0.15) is 43.0 Å². The summed E-state index contributed by atoms with van der Waals surface area (Å²) in [7, 11) is 0. The summed E-state index contributed by atoms with van der Waals surface area (Å²) in [4.78, 5) is 12.1. The molecular formula is C15H23ClN2O2. The summed E-state index contributed by atoms with van der Waals surface area (Å²) in [5.41, 5.74) is 6.54. The van der Waals surface area contributed by atoms with E-state index < -0.39 is 0 Å². The van der Waals surface area contributed by atoms with Gasteiger partial charge in [-0.3, -0.25) is 4.79 Å². The monoisotopic (exact) mass is 298 g/mol. The Balaban J connectivity index is 0.00000200. The van der Waals surface area contributed by atoms with Crippen molar-refractivity contribution in [3.8, 4) is 5.75 Å². The predicted molar refractivity (Wildman–Crippen MR) is 82.6 cm³/mol. The second-order valence-corrected chi connectivity index (χ2v) is 5.04. The lowest BCUT2D eigenvalue weighted by Gasteiger charge is -2.26. The van der Waals surface area contributed by atoms with Gasteiger partial charge in [0, 0.05) is 17.6 Å². The molecule has 0 unspecified atom stereocenters. The van der Waals surface area contributed by atoms with Crippen molar-refractivity contribution in [2.24, 2.45) is 5.73 Å². The number of benzene rings is 1. The van der Waals surface area contributed by atoms with Crippen molar-refractivity contribution >= 4 is 18.3 Å². The largest absolute Gasteiger partial charge is 0.494 e. The quantitative estimate of drug-likeness (QED) is 0.897. The molecule has 112 valence electrons. The average Bonchev–Trinajstić information content (AvgIpc) is 2.42. The lowest BCUT2D eigenvalue weighted by Crippen LogP contribution is -2.40. The summed E-state index contributed by atoms with van der Waals surface area (Å²) in [6, 6.07) is 7.83. The summed E-state index contributed by atoms with van der Waals surface area (Å²) < 4.78 is 5.36. The third-order valence-electron chi connectivity index (χ3n) is 3.53. The fraction of sp³-hybridized carbons (Fsp3) is 0.533. The number of hydrogen-bond donors (Lipinski definition) is 2. The van der Waals surface area contributed by atoms with Gasteiger partial charge >= 0.3 is 0 Å². The number of hydrogen-bond acceptors (Lipinski definition) is 3. The van der Waals surface area contributed by atoms with Crippen LogP contribution in [0.5, 0.6) is 5.75 Å². The second kappa shape index (κ2) is 8.12. The van der Waals surface area contributed by atoms with Gasteiger partial charge < -0.3 is 15.8 Å². The number of carbonyl (C=O) groups is 1. The first-order chi connectivity index (χ1) is 9.19. The molecule has 1 fully saturated rings. The molecule has 4 nitrogen and oxygen atoms in total.